The van der Waals surface area contributed by atoms with Gasteiger partial charge in [-0.25, -0.2) is 4.98 Å². The molecule has 2 aromatic rings. The molecule has 0 saturated carbocycles. The number of fused-ring (bicyclic) bond motifs is 1. The Morgan fingerprint density at radius 1 is 1.30 bits per heavy atom. The summed E-state index contributed by atoms with van der Waals surface area (Å²) in [6, 6.07) is 4.93. The van der Waals surface area contributed by atoms with Crippen molar-refractivity contribution in [3.63, 3.8) is 0 Å². The van der Waals surface area contributed by atoms with Gasteiger partial charge in [0.1, 0.15) is 5.82 Å². The van der Waals surface area contributed by atoms with E-state index in [0.29, 0.717) is 29.2 Å². The predicted octanol–water partition coefficient (Wildman–Crippen LogP) is 1.85. The van der Waals surface area contributed by atoms with Gasteiger partial charge in [-0.1, -0.05) is 11.6 Å². The Morgan fingerprint density at radius 3 is 2.80 bits per heavy atom. The zero-order valence-electron chi connectivity index (χ0n) is 10.8. The molecule has 1 amide bonds. The van der Waals surface area contributed by atoms with E-state index in [2.05, 4.69) is 4.98 Å². The van der Waals surface area contributed by atoms with Crippen molar-refractivity contribution >= 4 is 29.0 Å². The Labute approximate surface area is 120 Å². The average Bonchev–Trinajstić information content (AvgIpc) is 2.93. The molecule has 2 heterocycles. The van der Waals surface area contributed by atoms with Crippen LogP contribution in [0.25, 0.3) is 0 Å². The van der Waals surface area contributed by atoms with Crippen molar-refractivity contribution in [3.05, 3.63) is 47.0 Å². The quantitative estimate of drug-likeness (QED) is 0.810. The van der Waals surface area contributed by atoms with Crippen LogP contribution in [-0.4, -0.2) is 27.8 Å². The van der Waals surface area contributed by atoms with Crippen LogP contribution in [0.2, 0.25) is 5.02 Å². The number of imidazole rings is 1. The lowest BCUT2D eigenvalue weighted by atomic mass is 10.1. The summed E-state index contributed by atoms with van der Waals surface area (Å²) in [6.07, 6.45) is 4.14. The lowest BCUT2D eigenvalue weighted by Crippen LogP contribution is -2.32. The maximum atomic E-state index is 12.0. The van der Waals surface area contributed by atoms with E-state index in [4.69, 9.17) is 11.6 Å². The fraction of sp³-hybridized carbons (Fsp3) is 0.214. The molecule has 3 rings (SSSR count). The van der Waals surface area contributed by atoms with E-state index in [1.165, 1.54) is 11.0 Å². The Balaban J connectivity index is 1.86. The highest BCUT2D eigenvalue weighted by Gasteiger charge is 2.35. The monoisotopic (exact) mass is 289 g/mol. The number of carbonyl (C=O) groups is 2. The van der Waals surface area contributed by atoms with Gasteiger partial charge in [0.05, 0.1) is 11.3 Å². The van der Waals surface area contributed by atoms with E-state index in [1.54, 1.807) is 18.3 Å². The van der Waals surface area contributed by atoms with Gasteiger partial charge in [-0.15, -0.1) is 0 Å². The number of carbonyl (C=O) groups excluding carboxylic acids is 2. The Kier molecular flexibility index (Phi) is 3.06. The highest BCUT2D eigenvalue weighted by molar-refractivity contribution is 6.52. The van der Waals surface area contributed by atoms with E-state index in [1.807, 2.05) is 17.8 Å². The molecule has 0 radical (unpaired) electrons. The van der Waals surface area contributed by atoms with Gasteiger partial charge in [-0.3, -0.25) is 9.59 Å². The van der Waals surface area contributed by atoms with Gasteiger partial charge in [-0.05, 0) is 18.2 Å². The highest BCUT2D eigenvalue weighted by Crippen LogP contribution is 2.31. The molecule has 5 nitrogen and oxygen atoms in total. The summed E-state index contributed by atoms with van der Waals surface area (Å²) >= 11 is 5.87. The first-order chi connectivity index (χ1) is 9.58. The highest BCUT2D eigenvalue weighted by atomic mass is 35.5. The number of benzene rings is 1. The molecule has 0 fully saturated rings. The van der Waals surface area contributed by atoms with Crippen LogP contribution in [0.3, 0.4) is 0 Å². The average molecular weight is 290 g/mol. The number of hydrogen-bond acceptors (Lipinski definition) is 3. The summed E-state index contributed by atoms with van der Waals surface area (Å²) in [5.74, 6) is -0.133. The molecule has 0 saturated heterocycles. The minimum absolute atomic E-state index is 0.377. The Hall–Kier alpha value is -2.14. The van der Waals surface area contributed by atoms with Gasteiger partial charge in [0.25, 0.3) is 11.7 Å². The number of hydrogen-bond donors (Lipinski definition) is 0. The van der Waals surface area contributed by atoms with Crippen LogP contribution in [0.15, 0.2) is 30.6 Å². The number of anilines is 1. The molecule has 0 N–H and O–H groups in total. The molecule has 1 aromatic heterocycles. The lowest BCUT2D eigenvalue weighted by Gasteiger charge is -2.16. The smallest absolute Gasteiger partial charge is 0.299 e. The van der Waals surface area contributed by atoms with Crippen LogP contribution in [0.1, 0.15) is 16.2 Å². The number of nitrogens with zero attached hydrogens (tertiary/aromatic N) is 3. The largest absolute Gasteiger partial charge is 0.338 e. The Morgan fingerprint density at radius 2 is 2.10 bits per heavy atom. The first-order valence-corrected chi connectivity index (χ1v) is 6.57. The summed E-state index contributed by atoms with van der Waals surface area (Å²) in [6.45, 7) is 0.421. The molecule has 0 atom stereocenters. The van der Waals surface area contributed by atoms with Crippen LogP contribution < -0.4 is 4.90 Å². The minimum Gasteiger partial charge on any atom is -0.338 e. The number of rotatable bonds is 3. The van der Waals surface area contributed by atoms with E-state index < -0.39 is 11.7 Å². The number of Topliss-reactive ketones (excluding diaryl/α,β-unsaturated/α-hetero) is 1. The Bertz CT molecular complexity index is 708. The fourth-order valence-corrected chi connectivity index (χ4v) is 2.52. The molecule has 0 spiro atoms. The van der Waals surface area contributed by atoms with E-state index >= 15 is 0 Å². The molecule has 20 heavy (non-hydrogen) atoms. The molecule has 0 unspecified atom stereocenters. The van der Waals surface area contributed by atoms with E-state index in [-0.39, 0.29) is 0 Å². The van der Waals surface area contributed by atoms with Crippen LogP contribution in [0, 0.1) is 0 Å². The van der Waals surface area contributed by atoms with Crippen molar-refractivity contribution < 1.29 is 9.59 Å². The van der Waals surface area contributed by atoms with Gasteiger partial charge in [0, 0.05) is 37.4 Å². The fourth-order valence-electron chi connectivity index (χ4n) is 2.34. The van der Waals surface area contributed by atoms with Gasteiger partial charge in [-0.2, -0.15) is 0 Å². The van der Waals surface area contributed by atoms with Gasteiger partial charge >= 0.3 is 0 Å². The summed E-state index contributed by atoms with van der Waals surface area (Å²) in [7, 11) is 1.90. The van der Waals surface area contributed by atoms with E-state index in [9.17, 15) is 9.59 Å². The van der Waals surface area contributed by atoms with Crippen molar-refractivity contribution in [2.75, 3.05) is 11.4 Å². The summed E-state index contributed by atoms with van der Waals surface area (Å²) in [4.78, 5) is 29.6. The van der Waals surface area contributed by atoms with Crippen molar-refractivity contribution in [1.29, 1.82) is 0 Å². The molecular weight excluding hydrogens is 278 g/mol. The molecule has 1 aromatic carbocycles. The van der Waals surface area contributed by atoms with Crippen LogP contribution in [0.4, 0.5) is 5.69 Å². The molecule has 0 aliphatic carbocycles. The molecule has 1 aliphatic rings. The maximum Gasteiger partial charge on any atom is 0.299 e. The zero-order valence-corrected chi connectivity index (χ0v) is 11.6. The normalized spacial score (nSPS) is 14.0. The molecule has 102 valence electrons. The van der Waals surface area contributed by atoms with Crippen LogP contribution >= 0.6 is 11.6 Å². The number of amides is 1. The van der Waals surface area contributed by atoms with Crippen molar-refractivity contribution in [3.8, 4) is 0 Å². The van der Waals surface area contributed by atoms with Crippen molar-refractivity contribution in [2.24, 2.45) is 7.05 Å². The third kappa shape index (κ3) is 2.00. The third-order valence-corrected chi connectivity index (χ3v) is 3.65. The number of halogens is 1. The maximum absolute atomic E-state index is 12.0. The number of aromatic nitrogens is 2. The predicted molar refractivity (Wildman–Crippen MR) is 75.0 cm³/mol. The van der Waals surface area contributed by atoms with Gasteiger partial charge < -0.3 is 9.47 Å². The second-order valence-corrected chi connectivity index (χ2v) is 5.09. The molecule has 1 aliphatic heterocycles. The van der Waals surface area contributed by atoms with Crippen molar-refractivity contribution in [2.45, 2.75) is 6.42 Å². The third-order valence-electron chi connectivity index (χ3n) is 3.41. The van der Waals surface area contributed by atoms with Gasteiger partial charge in [0.15, 0.2) is 0 Å². The topological polar surface area (TPSA) is 55.2 Å². The first kappa shape index (κ1) is 12.9. The van der Waals surface area contributed by atoms with Gasteiger partial charge in [0.2, 0.25) is 0 Å². The zero-order chi connectivity index (χ0) is 14.3. The van der Waals surface area contributed by atoms with Crippen molar-refractivity contribution in [1.82, 2.24) is 9.55 Å². The molecular formula is C14H12ClN3O2. The molecule has 6 heteroatoms. The molecule has 0 bridgehead atoms. The van der Waals surface area contributed by atoms with E-state index in [0.717, 1.165) is 5.82 Å². The number of ketones is 1. The van der Waals surface area contributed by atoms with Crippen LogP contribution in [-0.2, 0) is 18.3 Å². The summed E-state index contributed by atoms with van der Waals surface area (Å²) in [5.41, 5.74) is 1.00. The standard InChI is InChI=1S/C14H12ClN3O2/c1-17-7-5-16-12(17)4-6-18-11-3-2-9(15)8-10(11)13(19)14(18)20/h2-3,5,7-8H,4,6H2,1H3. The number of aryl methyl sites for hydroxylation is 1. The summed E-state index contributed by atoms with van der Waals surface area (Å²) in [5, 5.41) is 0.454. The first-order valence-electron chi connectivity index (χ1n) is 6.20. The second kappa shape index (κ2) is 4.76. The SMILES string of the molecule is Cn1ccnc1CCN1C(=O)C(=O)c2cc(Cl)ccc21. The minimum atomic E-state index is -0.503. The summed E-state index contributed by atoms with van der Waals surface area (Å²) < 4.78 is 1.89. The van der Waals surface area contributed by atoms with Crippen LogP contribution in [0.5, 0.6) is 0 Å². The second-order valence-electron chi connectivity index (χ2n) is 4.65. The lowest BCUT2D eigenvalue weighted by molar-refractivity contribution is -0.114.